The predicted octanol–water partition coefficient (Wildman–Crippen LogP) is -0.0310. The Hall–Kier alpha value is -1.10. The summed E-state index contributed by atoms with van der Waals surface area (Å²) in [5, 5.41) is 5.28. The lowest BCUT2D eigenvalue weighted by atomic mass is 9.97. The van der Waals surface area contributed by atoms with Gasteiger partial charge in [0.15, 0.2) is 0 Å². The summed E-state index contributed by atoms with van der Waals surface area (Å²) in [6, 6.07) is -0.00317. The maximum atomic E-state index is 11.5. The zero-order valence-corrected chi connectivity index (χ0v) is 11.0. The summed E-state index contributed by atoms with van der Waals surface area (Å²) >= 11 is 0. The van der Waals surface area contributed by atoms with E-state index in [1.807, 2.05) is 13.8 Å². The maximum Gasteiger partial charge on any atom is 0.309 e. The molecule has 0 aromatic rings. The molecule has 1 aliphatic heterocycles. The number of likely N-dealkylation sites (tertiary alicyclic amines) is 1. The van der Waals surface area contributed by atoms with E-state index in [2.05, 4.69) is 22.6 Å². The van der Waals surface area contributed by atoms with E-state index in [-0.39, 0.29) is 6.04 Å². The first kappa shape index (κ1) is 14.0. The van der Waals surface area contributed by atoms with Crippen molar-refractivity contribution >= 4 is 11.8 Å². The van der Waals surface area contributed by atoms with Gasteiger partial charge in [0.1, 0.15) is 0 Å². The summed E-state index contributed by atoms with van der Waals surface area (Å²) in [5.41, 5.74) is 0. The molecule has 0 unspecified atom stereocenters. The Morgan fingerprint density at radius 3 is 2.35 bits per heavy atom. The van der Waals surface area contributed by atoms with Crippen molar-refractivity contribution in [2.24, 2.45) is 5.92 Å². The minimum atomic E-state index is -0.534. The number of hydrogen-bond donors (Lipinski definition) is 2. The second kappa shape index (κ2) is 6.59. The number of nitrogens with one attached hydrogen (secondary N) is 2. The molecule has 0 spiro atoms. The zero-order chi connectivity index (χ0) is 12.8. The van der Waals surface area contributed by atoms with Crippen LogP contribution in [0.25, 0.3) is 0 Å². The van der Waals surface area contributed by atoms with E-state index in [9.17, 15) is 9.59 Å². The van der Waals surface area contributed by atoms with Crippen LogP contribution in [0.4, 0.5) is 0 Å². The Balaban J connectivity index is 2.21. The molecule has 1 fully saturated rings. The maximum absolute atomic E-state index is 11.5. The molecule has 1 aliphatic rings. The van der Waals surface area contributed by atoms with Gasteiger partial charge in [-0.05, 0) is 52.7 Å². The Bertz CT molecular complexity index is 271. The summed E-state index contributed by atoms with van der Waals surface area (Å²) in [6.07, 6.45) is 2.17. The van der Waals surface area contributed by atoms with Crippen LogP contribution in [-0.4, -0.2) is 49.4 Å². The van der Waals surface area contributed by atoms with Crippen molar-refractivity contribution in [1.29, 1.82) is 0 Å². The molecular weight excluding hydrogens is 218 g/mol. The fraction of sp³-hybridized carbons (Fsp3) is 0.833. The molecule has 0 saturated carbocycles. The standard InChI is InChI=1S/C12H23N3O2/c1-9(2)14-12(17)11(16)13-8-10-4-6-15(3)7-5-10/h9-10H,4-8H2,1-3H3,(H,13,16)(H,14,17). The minimum absolute atomic E-state index is 0.00317. The van der Waals surface area contributed by atoms with Gasteiger partial charge in [0.25, 0.3) is 0 Å². The SMILES string of the molecule is CC(C)NC(=O)C(=O)NCC1CCN(C)CC1. The number of rotatable bonds is 3. The van der Waals surface area contributed by atoms with Crippen LogP contribution < -0.4 is 10.6 Å². The van der Waals surface area contributed by atoms with Gasteiger partial charge < -0.3 is 15.5 Å². The molecule has 17 heavy (non-hydrogen) atoms. The van der Waals surface area contributed by atoms with Gasteiger partial charge in [0, 0.05) is 12.6 Å². The largest absolute Gasteiger partial charge is 0.348 e. The Morgan fingerprint density at radius 1 is 1.24 bits per heavy atom. The van der Waals surface area contributed by atoms with Gasteiger partial charge in [-0.25, -0.2) is 0 Å². The van der Waals surface area contributed by atoms with Crippen LogP contribution in [0.15, 0.2) is 0 Å². The molecule has 0 radical (unpaired) electrons. The summed E-state index contributed by atoms with van der Waals surface area (Å²) < 4.78 is 0. The molecule has 0 aromatic heterocycles. The lowest BCUT2D eigenvalue weighted by Gasteiger charge is -2.28. The molecule has 98 valence electrons. The van der Waals surface area contributed by atoms with Crippen molar-refractivity contribution in [2.75, 3.05) is 26.7 Å². The highest BCUT2D eigenvalue weighted by Gasteiger charge is 2.19. The first-order chi connectivity index (χ1) is 7.99. The van der Waals surface area contributed by atoms with Gasteiger partial charge in [-0.1, -0.05) is 0 Å². The molecule has 1 saturated heterocycles. The average molecular weight is 241 g/mol. The molecule has 1 rings (SSSR count). The van der Waals surface area contributed by atoms with Gasteiger partial charge in [-0.2, -0.15) is 0 Å². The van der Waals surface area contributed by atoms with E-state index >= 15 is 0 Å². The number of hydrogen-bond acceptors (Lipinski definition) is 3. The number of amides is 2. The summed E-state index contributed by atoms with van der Waals surface area (Å²) in [7, 11) is 2.10. The van der Waals surface area contributed by atoms with Crippen molar-refractivity contribution in [3.8, 4) is 0 Å². The predicted molar refractivity (Wildman–Crippen MR) is 66.5 cm³/mol. The van der Waals surface area contributed by atoms with Crippen molar-refractivity contribution in [3.05, 3.63) is 0 Å². The topological polar surface area (TPSA) is 61.4 Å². The van der Waals surface area contributed by atoms with Gasteiger partial charge in [-0.3, -0.25) is 9.59 Å². The van der Waals surface area contributed by atoms with Crippen LogP contribution in [0.1, 0.15) is 26.7 Å². The highest BCUT2D eigenvalue weighted by molar-refractivity contribution is 6.35. The fourth-order valence-electron chi connectivity index (χ4n) is 1.91. The molecule has 5 heteroatoms. The molecule has 0 atom stereocenters. The van der Waals surface area contributed by atoms with Crippen molar-refractivity contribution < 1.29 is 9.59 Å². The molecular formula is C12H23N3O2. The Kier molecular flexibility index (Phi) is 5.41. The van der Waals surface area contributed by atoms with Crippen LogP contribution in [0.3, 0.4) is 0 Å². The van der Waals surface area contributed by atoms with Gasteiger partial charge in [0.2, 0.25) is 0 Å². The number of carbonyl (C=O) groups excluding carboxylic acids is 2. The smallest absolute Gasteiger partial charge is 0.309 e. The molecule has 0 bridgehead atoms. The van der Waals surface area contributed by atoms with Gasteiger partial charge in [0.05, 0.1) is 0 Å². The molecule has 5 nitrogen and oxygen atoms in total. The molecule has 2 amide bonds. The van der Waals surface area contributed by atoms with Gasteiger partial charge >= 0.3 is 11.8 Å². The molecule has 2 N–H and O–H groups in total. The highest BCUT2D eigenvalue weighted by atomic mass is 16.2. The quantitative estimate of drug-likeness (QED) is 0.682. The summed E-state index contributed by atoms with van der Waals surface area (Å²) in [6.45, 7) is 6.42. The highest BCUT2D eigenvalue weighted by Crippen LogP contribution is 2.14. The van der Waals surface area contributed by atoms with E-state index in [1.165, 1.54) is 0 Å². The van der Waals surface area contributed by atoms with Crippen LogP contribution in [0.5, 0.6) is 0 Å². The van der Waals surface area contributed by atoms with E-state index in [4.69, 9.17) is 0 Å². The number of carbonyl (C=O) groups is 2. The Morgan fingerprint density at radius 2 is 1.82 bits per heavy atom. The minimum Gasteiger partial charge on any atom is -0.348 e. The molecule has 0 aromatic carbocycles. The van der Waals surface area contributed by atoms with Crippen molar-refractivity contribution in [2.45, 2.75) is 32.7 Å². The molecule has 0 aliphatic carbocycles. The van der Waals surface area contributed by atoms with Crippen LogP contribution in [-0.2, 0) is 9.59 Å². The summed E-state index contributed by atoms with van der Waals surface area (Å²) in [5.74, 6) is -0.549. The second-order valence-corrected chi connectivity index (χ2v) is 5.08. The number of piperidine rings is 1. The van der Waals surface area contributed by atoms with E-state index < -0.39 is 11.8 Å². The second-order valence-electron chi connectivity index (χ2n) is 5.08. The van der Waals surface area contributed by atoms with Crippen LogP contribution in [0, 0.1) is 5.92 Å². The third-order valence-corrected chi connectivity index (χ3v) is 3.02. The average Bonchev–Trinajstić information content (AvgIpc) is 2.27. The first-order valence-electron chi connectivity index (χ1n) is 6.26. The first-order valence-corrected chi connectivity index (χ1v) is 6.26. The normalized spacial score (nSPS) is 18.1. The van der Waals surface area contributed by atoms with E-state index in [0.29, 0.717) is 12.5 Å². The lowest BCUT2D eigenvalue weighted by Crippen LogP contribution is -2.45. The summed E-state index contributed by atoms with van der Waals surface area (Å²) in [4.78, 5) is 25.1. The molecule has 1 heterocycles. The van der Waals surface area contributed by atoms with Crippen molar-refractivity contribution in [1.82, 2.24) is 15.5 Å². The third-order valence-electron chi connectivity index (χ3n) is 3.02. The van der Waals surface area contributed by atoms with Crippen LogP contribution in [0.2, 0.25) is 0 Å². The zero-order valence-electron chi connectivity index (χ0n) is 11.0. The van der Waals surface area contributed by atoms with E-state index in [0.717, 1.165) is 25.9 Å². The monoisotopic (exact) mass is 241 g/mol. The fourth-order valence-corrected chi connectivity index (χ4v) is 1.91. The lowest BCUT2D eigenvalue weighted by molar-refractivity contribution is -0.139. The van der Waals surface area contributed by atoms with Crippen LogP contribution >= 0.6 is 0 Å². The van der Waals surface area contributed by atoms with Crippen molar-refractivity contribution in [3.63, 3.8) is 0 Å². The Labute approximate surface area is 103 Å². The number of nitrogens with zero attached hydrogens (tertiary/aromatic N) is 1. The third kappa shape index (κ3) is 5.17. The van der Waals surface area contributed by atoms with E-state index in [1.54, 1.807) is 0 Å². The van der Waals surface area contributed by atoms with Gasteiger partial charge in [-0.15, -0.1) is 0 Å².